The maximum Gasteiger partial charge on any atom is 0.276 e. The molecule has 0 atom stereocenters. The van der Waals surface area contributed by atoms with Gasteiger partial charge in [0.2, 0.25) is 0 Å². The first kappa shape index (κ1) is 9.51. The van der Waals surface area contributed by atoms with Gasteiger partial charge in [-0.3, -0.25) is 10.1 Å². The van der Waals surface area contributed by atoms with Crippen molar-refractivity contribution in [3.05, 3.63) is 33.9 Å². The van der Waals surface area contributed by atoms with Gasteiger partial charge in [0, 0.05) is 6.07 Å². The molecular weight excluding hydrogens is 170 g/mol. The zero-order valence-corrected chi connectivity index (χ0v) is 7.61. The monoisotopic (exact) mass is 181 g/mol. The Morgan fingerprint density at radius 2 is 2.23 bits per heavy atom. The van der Waals surface area contributed by atoms with Gasteiger partial charge in [0.15, 0.2) is 0 Å². The average Bonchev–Trinajstić information content (AvgIpc) is 2.16. The van der Waals surface area contributed by atoms with Crippen LogP contribution in [0.25, 0.3) is 0 Å². The lowest BCUT2D eigenvalue weighted by Gasteiger charge is -2.05. The topological polar surface area (TPSA) is 52.4 Å². The van der Waals surface area contributed by atoms with Crippen molar-refractivity contribution in [1.29, 1.82) is 0 Å². The zero-order valence-electron chi connectivity index (χ0n) is 7.61. The van der Waals surface area contributed by atoms with Gasteiger partial charge >= 0.3 is 0 Å². The smallest absolute Gasteiger partial charge is 0.276 e. The van der Waals surface area contributed by atoms with Crippen LogP contribution in [0.4, 0.5) is 5.69 Å². The summed E-state index contributed by atoms with van der Waals surface area (Å²) in [5.41, 5.74) is 0.775. The number of nitrogens with zero attached hydrogens (tertiary/aromatic N) is 1. The third kappa shape index (κ3) is 1.77. The fourth-order valence-electron chi connectivity index (χ4n) is 1.27. The highest BCUT2D eigenvalue weighted by Gasteiger charge is 2.15. The SMILES string of the molecule is CCc1c(OC)cccc1[N+](=O)[O-]. The van der Waals surface area contributed by atoms with Gasteiger partial charge in [0.25, 0.3) is 5.69 Å². The van der Waals surface area contributed by atoms with Crippen molar-refractivity contribution >= 4 is 5.69 Å². The summed E-state index contributed by atoms with van der Waals surface area (Å²) in [7, 11) is 1.51. The molecule has 70 valence electrons. The Bertz CT molecular complexity index is 323. The van der Waals surface area contributed by atoms with Crippen molar-refractivity contribution in [3.63, 3.8) is 0 Å². The Hall–Kier alpha value is -1.58. The summed E-state index contributed by atoms with van der Waals surface area (Å²) in [5.74, 6) is 0.580. The van der Waals surface area contributed by atoms with Gasteiger partial charge in [-0.15, -0.1) is 0 Å². The Kier molecular flexibility index (Phi) is 2.84. The van der Waals surface area contributed by atoms with E-state index in [1.807, 2.05) is 6.92 Å². The van der Waals surface area contributed by atoms with Gasteiger partial charge in [-0.1, -0.05) is 13.0 Å². The third-order valence-corrected chi connectivity index (χ3v) is 1.88. The number of nitro benzene ring substituents is 1. The fraction of sp³-hybridized carbons (Fsp3) is 0.333. The molecule has 1 rings (SSSR count). The van der Waals surface area contributed by atoms with E-state index in [4.69, 9.17) is 4.74 Å². The van der Waals surface area contributed by atoms with Gasteiger partial charge in [-0.25, -0.2) is 0 Å². The van der Waals surface area contributed by atoms with Crippen LogP contribution < -0.4 is 4.74 Å². The minimum Gasteiger partial charge on any atom is -0.496 e. The number of hydrogen-bond acceptors (Lipinski definition) is 3. The minimum absolute atomic E-state index is 0.127. The summed E-state index contributed by atoms with van der Waals surface area (Å²) in [6.45, 7) is 1.87. The highest BCUT2D eigenvalue weighted by Crippen LogP contribution is 2.28. The molecule has 0 saturated carbocycles. The van der Waals surface area contributed by atoms with Gasteiger partial charge < -0.3 is 4.74 Å². The van der Waals surface area contributed by atoms with Crippen LogP contribution in [0.1, 0.15) is 12.5 Å². The van der Waals surface area contributed by atoms with E-state index in [2.05, 4.69) is 0 Å². The average molecular weight is 181 g/mol. The summed E-state index contributed by atoms with van der Waals surface area (Å²) in [5, 5.41) is 10.6. The zero-order chi connectivity index (χ0) is 9.84. The lowest BCUT2D eigenvalue weighted by atomic mass is 10.1. The number of nitro groups is 1. The number of ether oxygens (including phenoxy) is 1. The van der Waals surface area contributed by atoms with E-state index in [0.29, 0.717) is 17.7 Å². The molecule has 0 N–H and O–H groups in total. The lowest BCUT2D eigenvalue weighted by Crippen LogP contribution is -1.97. The Labute approximate surface area is 76.3 Å². The number of benzene rings is 1. The van der Waals surface area contributed by atoms with Crippen LogP contribution >= 0.6 is 0 Å². The molecule has 0 amide bonds. The molecule has 1 aromatic carbocycles. The summed E-state index contributed by atoms with van der Waals surface area (Å²) >= 11 is 0. The highest BCUT2D eigenvalue weighted by molar-refractivity contribution is 5.49. The molecule has 4 nitrogen and oxygen atoms in total. The molecule has 0 aliphatic carbocycles. The summed E-state index contributed by atoms with van der Waals surface area (Å²) in [6, 6.07) is 4.84. The molecule has 0 radical (unpaired) electrons. The van der Waals surface area contributed by atoms with Crippen molar-refractivity contribution in [1.82, 2.24) is 0 Å². The maximum absolute atomic E-state index is 10.6. The number of rotatable bonds is 3. The predicted octanol–water partition coefficient (Wildman–Crippen LogP) is 2.17. The fourth-order valence-corrected chi connectivity index (χ4v) is 1.27. The molecule has 0 heterocycles. The second-order valence-corrected chi connectivity index (χ2v) is 2.57. The largest absolute Gasteiger partial charge is 0.496 e. The Balaban J connectivity index is 3.27. The van der Waals surface area contributed by atoms with Crippen LogP contribution in [0.3, 0.4) is 0 Å². The van der Waals surface area contributed by atoms with E-state index in [-0.39, 0.29) is 10.6 Å². The summed E-state index contributed by atoms with van der Waals surface area (Å²) in [6.07, 6.45) is 0.598. The normalized spacial score (nSPS) is 9.69. The molecule has 0 bridgehead atoms. The molecule has 0 aliphatic heterocycles. The van der Waals surface area contributed by atoms with Gasteiger partial charge in [0.1, 0.15) is 5.75 Å². The molecular formula is C9H11NO3. The molecule has 1 aromatic rings. The molecule has 0 aliphatic rings. The van der Waals surface area contributed by atoms with Gasteiger partial charge in [-0.05, 0) is 12.5 Å². The standard InChI is InChI=1S/C9H11NO3/c1-3-7-8(10(11)12)5-4-6-9(7)13-2/h4-6H,3H2,1-2H3. The van der Waals surface area contributed by atoms with E-state index in [1.165, 1.54) is 13.2 Å². The lowest BCUT2D eigenvalue weighted by molar-refractivity contribution is -0.385. The summed E-state index contributed by atoms with van der Waals surface area (Å²) < 4.78 is 5.02. The van der Waals surface area contributed by atoms with Crippen LogP contribution in [0.5, 0.6) is 5.75 Å². The number of hydrogen-bond donors (Lipinski definition) is 0. The van der Waals surface area contributed by atoms with Crippen LogP contribution in [0.2, 0.25) is 0 Å². The van der Waals surface area contributed by atoms with Crippen molar-refractivity contribution in [3.8, 4) is 5.75 Å². The van der Waals surface area contributed by atoms with Crippen molar-refractivity contribution in [2.45, 2.75) is 13.3 Å². The van der Waals surface area contributed by atoms with E-state index >= 15 is 0 Å². The first-order chi connectivity index (χ1) is 6.20. The Morgan fingerprint density at radius 3 is 2.69 bits per heavy atom. The quantitative estimate of drug-likeness (QED) is 0.530. The first-order valence-electron chi connectivity index (χ1n) is 4.01. The molecule has 0 spiro atoms. The molecule has 13 heavy (non-hydrogen) atoms. The van der Waals surface area contributed by atoms with E-state index in [1.54, 1.807) is 12.1 Å². The molecule has 0 unspecified atom stereocenters. The molecule has 0 fully saturated rings. The van der Waals surface area contributed by atoms with E-state index in [9.17, 15) is 10.1 Å². The van der Waals surface area contributed by atoms with Crippen LogP contribution in [0.15, 0.2) is 18.2 Å². The van der Waals surface area contributed by atoms with Gasteiger partial charge in [-0.2, -0.15) is 0 Å². The predicted molar refractivity (Wildman–Crippen MR) is 49.0 cm³/mol. The third-order valence-electron chi connectivity index (χ3n) is 1.88. The van der Waals surface area contributed by atoms with E-state index in [0.717, 1.165) is 0 Å². The Morgan fingerprint density at radius 1 is 1.54 bits per heavy atom. The molecule has 0 aromatic heterocycles. The maximum atomic E-state index is 10.6. The van der Waals surface area contributed by atoms with Crippen molar-refractivity contribution in [2.24, 2.45) is 0 Å². The van der Waals surface area contributed by atoms with Crippen molar-refractivity contribution < 1.29 is 9.66 Å². The number of methoxy groups -OCH3 is 1. The molecule has 4 heteroatoms. The minimum atomic E-state index is -0.388. The van der Waals surface area contributed by atoms with Crippen LogP contribution in [-0.2, 0) is 6.42 Å². The van der Waals surface area contributed by atoms with Crippen LogP contribution in [0, 0.1) is 10.1 Å². The first-order valence-corrected chi connectivity index (χ1v) is 4.01. The van der Waals surface area contributed by atoms with Crippen LogP contribution in [-0.4, -0.2) is 12.0 Å². The van der Waals surface area contributed by atoms with E-state index < -0.39 is 0 Å². The second-order valence-electron chi connectivity index (χ2n) is 2.57. The van der Waals surface area contributed by atoms with Gasteiger partial charge in [0.05, 0.1) is 17.6 Å². The summed E-state index contributed by atoms with van der Waals surface area (Å²) in [4.78, 5) is 10.2. The second kappa shape index (κ2) is 3.89. The van der Waals surface area contributed by atoms with Crippen molar-refractivity contribution in [2.75, 3.05) is 7.11 Å². The highest BCUT2D eigenvalue weighted by atomic mass is 16.6. The molecule has 0 saturated heterocycles.